The molecule has 3 heterocycles. The summed E-state index contributed by atoms with van der Waals surface area (Å²) in [5, 5.41) is 4.56. The summed E-state index contributed by atoms with van der Waals surface area (Å²) in [7, 11) is 0. The van der Waals surface area contributed by atoms with Crippen LogP contribution in [0.1, 0.15) is 66.8 Å². The Bertz CT molecular complexity index is 5310. The van der Waals surface area contributed by atoms with Crippen LogP contribution in [0.3, 0.4) is 0 Å². The van der Waals surface area contributed by atoms with Gasteiger partial charge in [-0.1, -0.05) is 174 Å². The lowest BCUT2D eigenvalue weighted by Crippen LogP contribution is -2.04. The van der Waals surface area contributed by atoms with Gasteiger partial charge in [-0.25, -0.2) is 19.8 Å². The van der Waals surface area contributed by atoms with Gasteiger partial charge in [0.15, 0.2) is 23.2 Å². The fourth-order valence-electron chi connectivity index (χ4n) is 15.8. The van der Waals surface area contributed by atoms with Crippen molar-refractivity contribution in [3.05, 3.63) is 297 Å². The molecule has 0 aliphatic heterocycles. The molecule has 0 aliphatic rings. The molecule has 454 valence electrons. The fourth-order valence-corrected chi connectivity index (χ4v) is 15.8. The molecule has 0 atom stereocenters. The molecule has 94 heavy (non-hydrogen) atoms. The van der Waals surface area contributed by atoms with Crippen LogP contribution in [-0.2, 0) is 0 Å². The quantitative estimate of drug-likeness (QED) is 0.128. The van der Waals surface area contributed by atoms with E-state index in [1.165, 1.54) is 111 Å². The van der Waals surface area contributed by atoms with Gasteiger partial charge < -0.3 is 9.13 Å². The van der Waals surface area contributed by atoms with Crippen molar-refractivity contribution in [3.8, 4) is 101 Å². The number of hydrogen-bond acceptors (Lipinski definition) is 3. The maximum absolute atomic E-state index is 8.71. The zero-order valence-corrected chi connectivity index (χ0v) is 55.5. The highest BCUT2D eigenvalue weighted by atomic mass is 15.0. The van der Waals surface area contributed by atoms with Crippen molar-refractivity contribution < 1.29 is 0 Å². The van der Waals surface area contributed by atoms with E-state index >= 15 is 0 Å². The van der Waals surface area contributed by atoms with Crippen LogP contribution in [-0.4, -0.2) is 24.1 Å². The van der Waals surface area contributed by atoms with Gasteiger partial charge in [0.05, 0.1) is 40.0 Å². The smallest absolute Gasteiger partial charge is 0.188 e. The standard InChI is InChI=1S/C88H72N6/c1-50-36-54(5)82(55(6)37-50)64-25-31-76-71(44-64)72-45-65(83-56(7)38-51(2)39-57(83)8)26-32-77(72)93(76)80-35-29-69(89-13)49-75(80)70-30-24-68(88-91-86(62-20-16-14-17-21-62)90-87(92-88)63-22-18-15-19-23-63)48-81(70)94-78-33-27-66(84-58(9)40-52(3)41-59(84)10)46-73(78)74-47-67(28-34-79(74)94)85-60(11)42-53(4)43-61(85)12/h14-49H,1-12H3. The minimum Gasteiger partial charge on any atom is -0.309 e. The van der Waals surface area contributed by atoms with Crippen molar-refractivity contribution in [1.82, 2.24) is 24.1 Å². The topological polar surface area (TPSA) is 52.9 Å². The zero-order valence-electron chi connectivity index (χ0n) is 55.5. The van der Waals surface area contributed by atoms with Gasteiger partial charge in [-0.3, -0.25) is 0 Å². The van der Waals surface area contributed by atoms with Gasteiger partial charge in [-0.15, -0.1) is 0 Å². The van der Waals surface area contributed by atoms with Crippen LogP contribution in [0.25, 0.3) is 150 Å². The molecule has 0 amide bonds. The van der Waals surface area contributed by atoms with E-state index in [1.807, 2.05) is 42.5 Å². The number of aromatic nitrogens is 5. The summed E-state index contributed by atoms with van der Waals surface area (Å²) in [6.45, 7) is 35.3. The van der Waals surface area contributed by atoms with Gasteiger partial charge in [0.2, 0.25) is 0 Å². The fraction of sp³-hybridized carbons (Fsp3) is 0.136. The molecule has 15 aromatic rings. The maximum Gasteiger partial charge on any atom is 0.188 e. The van der Waals surface area contributed by atoms with E-state index in [-0.39, 0.29) is 0 Å². The second-order valence-corrected chi connectivity index (χ2v) is 26.3. The largest absolute Gasteiger partial charge is 0.309 e. The second-order valence-electron chi connectivity index (χ2n) is 26.3. The predicted octanol–water partition coefficient (Wildman–Crippen LogP) is 23.7. The highest BCUT2D eigenvalue weighted by Gasteiger charge is 2.26. The van der Waals surface area contributed by atoms with E-state index in [1.54, 1.807) is 0 Å². The highest BCUT2D eigenvalue weighted by Crippen LogP contribution is 2.47. The van der Waals surface area contributed by atoms with Crippen molar-refractivity contribution in [3.63, 3.8) is 0 Å². The Morgan fingerprint density at radius 2 is 0.574 bits per heavy atom. The zero-order chi connectivity index (χ0) is 65.0. The lowest BCUT2D eigenvalue weighted by molar-refractivity contribution is 1.07. The Hall–Kier alpha value is -11.3. The summed E-state index contributed by atoms with van der Waals surface area (Å²) >= 11 is 0. The number of hydrogen-bond donors (Lipinski definition) is 0. The first-order valence-electron chi connectivity index (χ1n) is 32.5. The van der Waals surface area contributed by atoms with Crippen LogP contribution in [0, 0.1) is 89.7 Å². The lowest BCUT2D eigenvalue weighted by Gasteiger charge is -2.20. The maximum atomic E-state index is 8.71. The van der Waals surface area contributed by atoms with E-state index < -0.39 is 0 Å². The molecule has 0 unspecified atom stereocenters. The lowest BCUT2D eigenvalue weighted by atomic mass is 9.91. The summed E-state index contributed by atoms with van der Waals surface area (Å²) in [5.74, 6) is 1.71. The Morgan fingerprint density at radius 3 is 0.904 bits per heavy atom. The van der Waals surface area contributed by atoms with E-state index in [4.69, 9.17) is 21.5 Å². The molecule has 6 nitrogen and oxygen atoms in total. The van der Waals surface area contributed by atoms with Crippen LogP contribution in [0.5, 0.6) is 0 Å². The first kappa shape index (κ1) is 59.1. The third-order valence-corrected chi connectivity index (χ3v) is 19.2. The Labute approximate surface area is 551 Å². The monoisotopic (exact) mass is 1210 g/mol. The van der Waals surface area contributed by atoms with E-state index in [0.29, 0.717) is 23.2 Å². The van der Waals surface area contributed by atoms with Crippen molar-refractivity contribution in [2.75, 3.05) is 0 Å². The molecule has 12 aromatic carbocycles. The van der Waals surface area contributed by atoms with Gasteiger partial charge in [0.25, 0.3) is 0 Å². The third-order valence-electron chi connectivity index (χ3n) is 19.2. The number of nitrogens with zero attached hydrogens (tertiary/aromatic N) is 6. The highest BCUT2D eigenvalue weighted by molar-refractivity contribution is 6.14. The van der Waals surface area contributed by atoms with E-state index in [9.17, 15) is 0 Å². The van der Waals surface area contributed by atoms with E-state index in [0.717, 1.165) is 82.8 Å². The summed E-state index contributed by atoms with van der Waals surface area (Å²) < 4.78 is 4.89. The van der Waals surface area contributed by atoms with Crippen LogP contribution >= 0.6 is 0 Å². The van der Waals surface area contributed by atoms with E-state index in [2.05, 4.69) is 273 Å². The van der Waals surface area contributed by atoms with Gasteiger partial charge >= 0.3 is 0 Å². The second kappa shape index (κ2) is 23.1. The van der Waals surface area contributed by atoms with Crippen molar-refractivity contribution in [2.24, 2.45) is 0 Å². The van der Waals surface area contributed by atoms with Gasteiger partial charge in [-0.05, 0) is 244 Å². The first-order chi connectivity index (χ1) is 45.5. The molecule has 6 heteroatoms. The summed E-state index contributed by atoms with van der Waals surface area (Å²) in [6.07, 6.45) is 0. The Balaban J connectivity index is 1.05. The van der Waals surface area contributed by atoms with Crippen LogP contribution in [0.4, 0.5) is 5.69 Å². The number of benzene rings is 12. The molecular weight excluding hydrogens is 1140 g/mol. The summed E-state index contributed by atoms with van der Waals surface area (Å²) in [4.78, 5) is 20.0. The van der Waals surface area contributed by atoms with Gasteiger partial charge in [0, 0.05) is 43.8 Å². The van der Waals surface area contributed by atoms with Crippen LogP contribution in [0.2, 0.25) is 0 Å². The molecule has 0 N–H and O–H groups in total. The van der Waals surface area contributed by atoms with Crippen molar-refractivity contribution in [2.45, 2.75) is 83.1 Å². The third kappa shape index (κ3) is 10.2. The minimum atomic E-state index is 0.538. The number of fused-ring (bicyclic) bond motifs is 6. The van der Waals surface area contributed by atoms with Crippen LogP contribution in [0.15, 0.2) is 218 Å². The van der Waals surface area contributed by atoms with Crippen molar-refractivity contribution in [1.29, 1.82) is 0 Å². The van der Waals surface area contributed by atoms with Crippen LogP contribution < -0.4 is 0 Å². The Kier molecular flexibility index (Phi) is 14.5. The molecule has 0 aliphatic carbocycles. The summed E-state index contributed by atoms with van der Waals surface area (Å²) in [5.41, 5.74) is 35.8. The first-order valence-corrected chi connectivity index (χ1v) is 32.5. The average molecular weight is 1210 g/mol. The molecule has 0 saturated heterocycles. The minimum absolute atomic E-state index is 0.538. The average Bonchev–Trinajstić information content (AvgIpc) is 1.56. The molecule has 15 rings (SSSR count). The molecule has 0 fully saturated rings. The number of rotatable bonds is 10. The molecule has 3 aromatic heterocycles. The number of aryl methyl sites for hydroxylation is 12. The molecule has 0 saturated carbocycles. The summed E-state index contributed by atoms with van der Waals surface area (Å²) in [6, 6.07) is 79.7. The normalized spacial score (nSPS) is 11.6. The molecule has 0 radical (unpaired) electrons. The molecule has 0 bridgehead atoms. The van der Waals surface area contributed by atoms with Gasteiger partial charge in [-0.2, -0.15) is 0 Å². The SMILES string of the molecule is [C-]#[N+]c1ccc(-n2c3ccc(-c4c(C)cc(C)cc4C)cc3c3cc(-c4c(C)cc(C)cc4C)ccc32)c(-c2ccc(-c3nc(-c4ccccc4)nc(-c4ccccc4)n3)cc2-n2c3ccc(-c4c(C)cc(C)cc4C)cc3c3cc(-c4c(C)cc(C)cc4C)ccc32)c1. The molecular formula is C88H72N6. The molecule has 0 spiro atoms. The predicted molar refractivity (Wildman–Crippen MR) is 395 cm³/mol. The Morgan fingerprint density at radius 1 is 0.266 bits per heavy atom. The van der Waals surface area contributed by atoms with Crippen molar-refractivity contribution >= 4 is 49.3 Å². The van der Waals surface area contributed by atoms with Gasteiger partial charge in [0.1, 0.15) is 0 Å².